The molecule has 0 aliphatic carbocycles. The van der Waals surface area contributed by atoms with Gasteiger partial charge >= 0.3 is 0 Å². The van der Waals surface area contributed by atoms with E-state index < -0.39 is 6.04 Å². The Labute approximate surface area is 139 Å². The van der Waals surface area contributed by atoms with E-state index in [1.165, 1.54) is 0 Å². The van der Waals surface area contributed by atoms with E-state index in [1.54, 1.807) is 28.9 Å². The van der Waals surface area contributed by atoms with Crippen LogP contribution in [0.5, 0.6) is 11.5 Å². The largest absolute Gasteiger partial charge is 0.454 e. The SMILES string of the molecule is CCCN1CC(=O)N(Cc2cc3c(cc2Cl)OCO3)[C@H](C)C1=O. The van der Waals surface area contributed by atoms with Gasteiger partial charge in [-0.15, -0.1) is 0 Å². The Morgan fingerprint density at radius 1 is 1.26 bits per heavy atom. The molecule has 23 heavy (non-hydrogen) atoms. The van der Waals surface area contributed by atoms with Crippen LogP contribution in [0.4, 0.5) is 0 Å². The highest BCUT2D eigenvalue weighted by Crippen LogP contribution is 2.37. The van der Waals surface area contributed by atoms with E-state index in [0.29, 0.717) is 23.1 Å². The lowest BCUT2D eigenvalue weighted by molar-refractivity contribution is -0.155. The zero-order valence-corrected chi connectivity index (χ0v) is 13.9. The maximum atomic E-state index is 12.4. The Morgan fingerprint density at radius 3 is 2.65 bits per heavy atom. The van der Waals surface area contributed by atoms with Crippen molar-refractivity contribution in [3.63, 3.8) is 0 Å². The number of carbonyl (C=O) groups excluding carboxylic acids is 2. The highest BCUT2D eigenvalue weighted by atomic mass is 35.5. The van der Waals surface area contributed by atoms with E-state index in [4.69, 9.17) is 21.1 Å². The fourth-order valence-corrected chi connectivity index (χ4v) is 3.11. The molecule has 0 N–H and O–H groups in total. The third-order valence-corrected chi connectivity index (χ3v) is 4.51. The number of amides is 2. The Kier molecular flexibility index (Phi) is 4.35. The van der Waals surface area contributed by atoms with Gasteiger partial charge in [-0.05, 0) is 25.0 Å². The molecule has 0 bridgehead atoms. The molecule has 0 unspecified atom stereocenters. The van der Waals surface area contributed by atoms with Crippen LogP contribution in [0.15, 0.2) is 12.1 Å². The summed E-state index contributed by atoms with van der Waals surface area (Å²) in [7, 11) is 0. The average molecular weight is 339 g/mol. The number of hydrogen-bond donors (Lipinski definition) is 0. The minimum atomic E-state index is -0.496. The number of benzene rings is 1. The molecule has 1 fully saturated rings. The summed E-state index contributed by atoms with van der Waals surface area (Å²) in [6.45, 7) is 4.91. The molecule has 1 saturated heterocycles. The zero-order chi connectivity index (χ0) is 16.6. The van der Waals surface area contributed by atoms with Crippen molar-refractivity contribution in [2.75, 3.05) is 19.9 Å². The highest BCUT2D eigenvalue weighted by Gasteiger charge is 2.36. The molecule has 7 heteroatoms. The van der Waals surface area contributed by atoms with Crippen molar-refractivity contribution in [2.24, 2.45) is 0 Å². The van der Waals surface area contributed by atoms with E-state index in [9.17, 15) is 9.59 Å². The summed E-state index contributed by atoms with van der Waals surface area (Å²) >= 11 is 6.27. The van der Waals surface area contributed by atoms with Gasteiger partial charge < -0.3 is 19.3 Å². The predicted molar refractivity (Wildman–Crippen MR) is 84.5 cm³/mol. The first-order chi connectivity index (χ1) is 11.0. The van der Waals surface area contributed by atoms with E-state index in [1.807, 2.05) is 6.92 Å². The maximum absolute atomic E-state index is 12.4. The molecule has 2 amide bonds. The number of nitrogens with zero attached hydrogens (tertiary/aromatic N) is 2. The van der Waals surface area contributed by atoms with Gasteiger partial charge in [0.05, 0.1) is 6.54 Å². The van der Waals surface area contributed by atoms with E-state index >= 15 is 0 Å². The van der Waals surface area contributed by atoms with Crippen LogP contribution in [0.1, 0.15) is 25.8 Å². The van der Waals surface area contributed by atoms with Gasteiger partial charge in [0.15, 0.2) is 11.5 Å². The van der Waals surface area contributed by atoms with Crippen LogP contribution >= 0.6 is 11.6 Å². The smallest absolute Gasteiger partial charge is 0.245 e. The van der Waals surface area contributed by atoms with Crippen molar-refractivity contribution < 1.29 is 19.1 Å². The molecule has 0 aromatic heterocycles. The Bertz CT molecular complexity index is 649. The number of ether oxygens (including phenoxy) is 2. The molecule has 0 radical (unpaired) electrons. The second-order valence-electron chi connectivity index (χ2n) is 5.75. The van der Waals surface area contributed by atoms with Gasteiger partial charge in [0.25, 0.3) is 0 Å². The first-order valence-electron chi connectivity index (χ1n) is 7.67. The molecular formula is C16H19ClN2O4. The average Bonchev–Trinajstić information content (AvgIpc) is 2.96. The van der Waals surface area contributed by atoms with Crippen LogP contribution in [0, 0.1) is 0 Å². The molecular weight excluding hydrogens is 320 g/mol. The summed E-state index contributed by atoms with van der Waals surface area (Å²) in [5.74, 6) is 1.12. The fraction of sp³-hybridized carbons (Fsp3) is 0.500. The Morgan fingerprint density at radius 2 is 1.96 bits per heavy atom. The van der Waals surface area contributed by atoms with Crippen molar-refractivity contribution in [2.45, 2.75) is 32.9 Å². The van der Waals surface area contributed by atoms with Crippen molar-refractivity contribution in [3.05, 3.63) is 22.7 Å². The monoisotopic (exact) mass is 338 g/mol. The normalized spacial score (nSPS) is 20.4. The van der Waals surface area contributed by atoms with Gasteiger partial charge in [0.2, 0.25) is 18.6 Å². The molecule has 0 saturated carbocycles. The molecule has 3 rings (SSSR count). The molecule has 2 aliphatic heterocycles. The maximum Gasteiger partial charge on any atom is 0.245 e. The summed E-state index contributed by atoms with van der Waals surface area (Å²) < 4.78 is 10.6. The number of piperazine rings is 1. The van der Waals surface area contributed by atoms with Crippen LogP contribution in [0.3, 0.4) is 0 Å². The van der Waals surface area contributed by atoms with Gasteiger partial charge in [0, 0.05) is 24.2 Å². The minimum Gasteiger partial charge on any atom is -0.454 e. The molecule has 2 heterocycles. The molecule has 1 aromatic rings. The Balaban J connectivity index is 1.80. The fourth-order valence-electron chi connectivity index (χ4n) is 2.89. The van der Waals surface area contributed by atoms with Gasteiger partial charge in [-0.3, -0.25) is 9.59 Å². The summed E-state index contributed by atoms with van der Waals surface area (Å²) in [5.41, 5.74) is 0.743. The van der Waals surface area contributed by atoms with Crippen LogP contribution in [0.2, 0.25) is 5.02 Å². The van der Waals surface area contributed by atoms with Crippen molar-refractivity contribution >= 4 is 23.4 Å². The van der Waals surface area contributed by atoms with Crippen LogP contribution < -0.4 is 9.47 Å². The lowest BCUT2D eigenvalue weighted by Crippen LogP contribution is -2.58. The molecule has 1 aromatic carbocycles. The lowest BCUT2D eigenvalue weighted by Gasteiger charge is -2.38. The number of halogens is 1. The van der Waals surface area contributed by atoms with Gasteiger partial charge in [-0.25, -0.2) is 0 Å². The third kappa shape index (κ3) is 2.95. The Hall–Kier alpha value is -1.95. The second kappa shape index (κ2) is 6.28. The first-order valence-corrected chi connectivity index (χ1v) is 8.05. The number of rotatable bonds is 4. The van der Waals surface area contributed by atoms with Crippen LogP contribution in [-0.2, 0) is 16.1 Å². The van der Waals surface area contributed by atoms with E-state index in [0.717, 1.165) is 12.0 Å². The van der Waals surface area contributed by atoms with Gasteiger partial charge in [-0.2, -0.15) is 0 Å². The van der Waals surface area contributed by atoms with E-state index in [2.05, 4.69) is 0 Å². The number of hydrogen-bond acceptors (Lipinski definition) is 4. The van der Waals surface area contributed by atoms with Crippen molar-refractivity contribution in [1.82, 2.24) is 9.80 Å². The quantitative estimate of drug-likeness (QED) is 0.843. The van der Waals surface area contributed by atoms with Gasteiger partial charge in [-0.1, -0.05) is 18.5 Å². The summed E-state index contributed by atoms with van der Waals surface area (Å²) in [6, 6.07) is 2.96. The zero-order valence-electron chi connectivity index (χ0n) is 13.2. The highest BCUT2D eigenvalue weighted by molar-refractivity contribution is 6.31. The molecule has 0 spiro atoms. The van der Waals surface area contributed by atoms with Crippen molar-refractivity contribution in [1.29, 1.82) is 0 Å². The lowest BCUT2D eigenvalue weighted by atomic mass is 10.1. The molecule has 6 nitrogen and oxygen atoms in total. The molecule has 2 aliphatic rings. The first kappa shape index (κ1) is 15.9. The summed E-state index contributed by atoms with van der Waals surface area (Å²) in [5, 5.41) is 0.498. The molecule has 1 atom stereocenters. The van der Waals surface area contributed by atoms with Crippen molar-refractivity contribution in [3.8, 4) is 11.5 Å². The van der Waals surface area contributed by atoms with Crippen LogP contribution in [0.25, 0.3) is 0 Å². The predicted octanol–water partition coefficient (Wildman–Crippen LogP) is 2.04. The molecule has 124 valence electrons. The van der Waals surface area contributed by atoms with Gasteiger partial charge in [0.1, 0.15) is 6.04 Å². The second-order valence-corrected chi connectivity index (χ2v) is 6.16. The summed E-state index contributed by atoms with van der Waals surface area (Å²) in [6.07, 6.45) is 0.833. The van der Waals surface area contributed by atoms with E-state index in [-0.39, 0.29) is 31.7 Å². The standard InChI is InChI=1S/C16H19ClN2O4/c1-3-4-18-8-15(20)19(10(2)16(18)21)7-11-5-13-14(6-12(11)17)23-9-22-13/h5-6,10H,3-4,7-9H2,1-2H3/t10-/m1/s1. The topological polar surface area (TPSA) is 59.1 Å². The minimum absolute atomic E-state index is 0.0247. The number of fused-ring (bicyclic) bond motifs is 1. The van der Waals surface area contributed by atoms with Crippen LogP contribution in [-0.4, -0.2) is 47.5 Å². The summed E-state index contributed by atoms with van der Waals surface area (Å²) in [4.78, 5) is 28.0. The third-order valence-electron chi connectivity index (χ3n) is 4.16. The number of carbonyl (C=O) groups is 2.